The second kappa shape index (κ2) is 3.23. The third kappa shape index (κ3) is 1.62. The van der Waals surface area contributed by atoms with Gasteiger partial charge < -0.3 is 14.9 Å². The Balaban J connectivity index is 2.35. The highest BCUT2D eigenvalue weighted by molar-refractivity contribution is 8.00. The van der Waals surface area contributed by atoms with E-state index in [2.05, 4.69) is 0 Å². The number of rotatable bonds is 2. The van der Waals surface area contributed by atoms with Gasteiger partial charge in [-0.1, -0.05) is 0 Å². The number of hydrogen-bond acceptors (Lipinski definition) is 4. The van der Waals surface area contributed by atoms with Gasteiger partial charge in [-0.3, -0.25) is 0 Å². The van der Waals surface area contributed by atoms with Crippen LogP contribution in [0.25, 0.3) is 0 Å². The van der Waals surface area contributed by atoms with E-state index < -0.39 is 12.1 Å². The van der Waals surface area contributed by atoms with Crippen LogP contribution in [0.2, 0.25) is 0 Å². The van der Waals surface area contributed by atoms with E-state index in [-0.39, 0.29) is 12.0 Å². The van der Waals surface area contributed by atoms with Crippen molar-refractivity contribution in [3.8, 4) is 0 Å². The van der Waals surface area contributed by atoms with Gasteiger partial charge in [-0.2, -0.15) is 0 Å². The Kier molecular flexibility index (Phi) is 2.53. The fourth-order valence-corrected chi connectivity index (χ4v) is 1.61. The fraction of sp³-hybridized carbons (Fsp3) is 0.800. The van der Waals surface area contributed by atoms with E-state index in [9.17, 15) is 4.79 Å². The molecule has 10 heavy (non-hydrogen) atoms. The molecule has 1 saturated heterocycles. The molecule has 2 unspecified atom stereocenters. The average molecular weight is 164 g/mol. The second-order valence-electron chi connectivity index (χ2n) is 1.91. The van der Waals surface area contributed by atoms with Crippen molar-refractivity contribution in [2.45, 2.75) is 11.5 Å². The number of aliphatic carboxylic acids is 1. The molecule has 0 spiro atoms. The molecule has 0 aliphatic carbocycles. The molecule has 2 N–H and O–H groups in total. The van der Waals surface area contributed by atoms with E-state index in [1.165, 1.54) is 11.8 Å². The van der Waals surface area contributed by atoms with E-state index in [4.69, 9.17) is 14.9 Å². The zero-order chi connectivity index (χ0) is 7.56. The first-order chi connectivity index (χ1) is 4.74. The molecule has 1 aliphatic heterocycles. The molecule has 0 aromatic rings. The average Bonchev–Trinajstić information content (AvgIpc) is 2.34. The van der Waals surface area contributed by atoms with Gasteiger partial charge in [0.1, 0.15) is 5.44 Å². The van der Waals surface area contributed by atoms with Crippen LogP contribution in [-0.4, -0.2) is 40.1 Å². The van der Waals surface area contributed by atoms with Crippen molar-refractivity contribution in [1.29, 1.82) is 0 Å². The van der Waals surface area contributed by atoms with E-state index in [0.29, 0.717) is 5.75 Å². The Hall–Kier alpha value is -0.260. The lowest BCUT2D eigenvalue weighted by Crippen LogP contribution is -2.23. The van der Waals surface area contributed by atoms with Crippen molar-refractivity contribution in [3.63, 3.8) is 0 Å². The summed E-state index contributed by atoms with van der Waals surface area (Å²) in [7, 11) is 0. The first kappa shape index (κ1) is 7.84. The van der Waals surface area contributed by atoms with Gasteiger partial charge in [-0.25, -0.2) is 4.79 Å². The van der Waals surface area contributed by atoms with Gasteiger partial charge in [0.2, 0.25) is 0 Å². The molecule has 0 saturated carbocycles. The van der Waals surface area contributed by atoms with E-state index in [0.717, 1.165) is 0 Å². The SMILES string of the molecule is O=C(O)C1CSC(CO)O1. The molecule has 0 bridgehead atoms. The van der Waals surface area contributed by atoms with Gasteiger partial charge in [0.15, 0.2) is 6.10 Å². The Morgan fingerprint density at radius 2 is 2.50 bits per heavy atom. The summed E-state index contributed by atoms with van der Waals surface area (Å²) in [6, 6.07) is 0. The monoisotopic (exact) mass is 164 g/mol. The largest absolute Gasteiger partial charge is 0.479 e. The van der Waals surface area contributed by atoms with Gasteiger partial charge >= 0.3 is 5.97 Å². The molecule has 1 heterocycles. The van der Waals surface area contributed by atoms with Crippen molar-refractivity contribution in [1.82, 2.24) is 0 Å². The predicted molar refractivity (Wildman–Crippen MR) is 35.8 cm³/mol. The Morgan fingerprint density at radius 3 is 2.80 bits per heavy atom. The van der Waals surface area contributed by atoms with Gasteiger partial charge in [-0.05, 0) is 0 Å². The van der Waals surface area contributed by atoms with Gasteiger partial charge in [0.25, 0.3) is 0 Å². The highest BCUT2D eigenvalue weighted by Gasteiger charge is 2.30. The molecule has 0 aromatic carbocycles. The summed E-state index contributed by atoms with van der Waals surface area (Å²) < 4.78 is 4.89. The summed E-state index contributed by atoms with van der Waals surface area (Å²) in [6.07, 6.45) is -0.734. The van der Waals surface area contributed by atoms with Crippen molar-refractivity contribution >= 4 is 17.7 Å². The number of aliphatic hydroxyl groups excluding tert-OH is 1. The maximum absolute atomic E-state index is 10.2. The molecule has 0 aromatic heterocycles. The lowest BCUT2D eigenvalue weighted by Gasteiger charge is -2.04. The molecular formula is C5H8O4S. The number of carboxylic acids is 1. The molecule has 1 rings (SSSR count). The fourth-order valence-electron chi connectivity index (χ4n) is 0.682. The first-order valence-electron chi connectivity index (χ1n) is 2.84. The molecular weight excluding hydrogens is 156 g/mol. The topological polar surface area (TPSA) is 66.8 Å². The lowest BCUT2D eigenvalue weighted by molar-refractivity contribution is -0.149. The summed E-state index contributed by atoms with van der Waals surface area (Å²) >= 11 is 1.33. The zero-order valence-corrected chi connectivity index (χ0v) is 6.00. The standard InChI is InChI=1S/C5H8O4S/c6-1-4-9-3(2-10-4)5(7)8/h3-4,6H,1-2H2,(H,7,8). The highest BCUT2D eigenvalue weighted by atomic mass is 32.2. The molecule has 1 fully saturated rings. The molecule has 58 valence electrons. The number of aliphatic hydroxyl groups is 1. The molecule has 4 nitrogen and oxygen atoms in total. The van der Waals surface area contributed by atoms with Crippen LogP contribution >= 0.6 is 11.8 Å². The normalized spacial score (nSPS) is 32.5. The van der Waals surface area contributed by atoms with Crippen molar-refractivity contribution in [2.24, 2.45) is 0 Å². The summed E-state index contributed by atoms with van der Waals surface area (Å²) in [6.45, 7) is -0.117. The maximum atomic E-state index is 10.2. The minimum Gasteiger partial charge on any atom is -0.479 e. The highest BCUT2D eigenvalue weighted by Crippen LogP contribution is 2.24. The van der Waals surface area contributed by atoms with Crippen LogP contribution in [0.3, 0.4) is 0 Å². The second-order valence-corrected chi connectivity index (χ2v) is 3.10. The lowest BCUT2D eigenvalue weighted by atomic mass is 10.4. The Bertz CT molecular complexity index is 138. The van der Waals surface area contributed by atoms with Gasteiger partial charge in [-0.15, -0.1) is 11.8 Å². The molecule has 1 aliphatic rings. The molecule has 0 radical (unpaired) electrons. The van der Waals surface area contributed by atoms with Gasteiger partial charge in [0, 0.05) is 5.75 Å². The zero-order valence-electron chi connectivity index (χ0n) is 5.19. The van der Waals surface area contributed by atoms with E-state index in [1.54, 1.807) is 0 Å². The third-order valence-electron chi connectivity index (χ3n) is 1.17. The first-order valence-corrected chi connectivity index (χ1v) is 3.89. The molecule has 2 atom stereocenters. The van der Waals surface area contributed by atoms with Crippen LogP contribution in [0, 0.1) is 0 Å². The van der Waals surface area contributed by atoms with Crippen LogP contribution < -0.4 is 0 Å². The molecule has 0 amide bonds. The van der Waals surface area contributed by atoms with Crippen molar-refractivity contribution < 1.29 is 19.7 Å². The van der Waals surface area contributed by atoms with Crippen molar-refractivity contribution in [3.05, 3.63) is 0 Å². The molecule has 5 heteroatoms. The van der Waals surface area contributed by atoms with Crippen molar-refractivity contribution in [2.75, 3.05) is 12.4 Å². The van der Waals surface area contributed by atoms with Crippen LogP contribution in [0.4, 0.5) is 0 Å². The van der Waals surface area contributed by atoms with E-state index in [1.807, 2.05) is 0 Å². The Morgan fingerprint density at radius 1 is 1.80 bits per heavy atom. The summed E-state index contributed by atoms with van der Waals surface area (Å²) in [5.74, 6) is -0.524. The quantitative estimate of drug-likeness (QED) is 0.577. The van der Waals surface area contributed by atoms with Crippen LogP contribution in [0.5, 0.6) is 0 Å². The number of thioether (sulfide) groups is 1. The van der Waals surface area contributed by atoms with Gasteiger partial charge in [0.05, 0.1) is 6.61 Å². The summed E-state index contributed by atoms with van der Waals surface area (Å²) in [5, 5.41) is 16.9. The van der Waals surface area contributed by atoms with Crippen LogP contribution in [-0.2, 0) is 9.53 Å². The number of carboxylic acid groups (broad SMARTS) is 1. The van der Waals surface area contributed by atoms with E-state index >= 15 is 0 Å². The summed E-state index contributed by atoms with van der Waals surface area (Å²) in [5.41, 5.74) is -0.346. The predicted octanol–water partition coefficient (Wildman–Crippen LogP) is -0.479. The minimum atomic E-state index is -0.955. The Labute approximate surface area is 62.2 Å². The number of hydrogen-bond donors (Lipinski definition) is 2. The third-order valence-corrected chi connectivity index (χ3v) is 2.30. The summed E-state index contributed by atoms with van der Waals surface area (Å²) in [4.78, 5) is 10.2. The minimum absolute atomic E-state index is 0.117. The van der Waals surface area contributed by atoms with Crippen LogP contribution in [0.1, 0.15) is 0 Å². The smallest absolute Gasteiger partial charge is 0.333 e. The number of carbonyl (C=O) groups is 1. The number of ether oxygens (including phenoxy) is 1. The maximum Gasteiger partial charge on any atom is 0.333 e. The van der Waals surface area contributed by atoms with Crippen LogP contribution in [0.15, 0.2) is 0 Å².